The molecule has 0 aliphatic carbocycles. The number of hydrogen-bond acceptors (Lipinski definition) is 7. The van der Waals surface area contributed by atoms with E-state index in [1.807, 2.05) is 36.6 Å². The minimum Gasteiger partial charge on any atom is -0.418 e. The highest BCUT2D eigenvalue weighted by Crippen LogP contribution is 2.28. The molecule has 1 fully saturated rings. The van der Waals surface area contributed by atoms with Crippen LogP contribution < -0.4 is 0 Å². The second-order valence-corrected chi connectivity index (χ2v) is 10.8. The van der Waals surface area contributed by atoms with Crippen LogP contribution in [0.15, 0.2) is 51.1 Å². The average molecular weight is 461 g/mol. The molecular formula is C22H28N4O3S2. The second-order valence-electron chi connectivity index (χ2n) is 7.92. The molecule has 1 aliphatic rings. The summed E-state index contributed by atoms with van der Waals surface area (Å²) in [5.41, 5.74) is 1.17. The Morgan fingerprint density at radius 3 is 2.39 bits per heavy atom. The normalized spacial score (nSPS) is 18.2. The third kappa shape index (κ3) is 4.59. The van der Waals surface area contributed by atoms with Crippen LogP contribution in [-0.4, -0.2) is 54.0 Å². The lowest BCUT2D eigenvalue weighted by atomic mass is 9.99. The first-order valence-corrected chi connectivity index (χ1v) is 12.9. The van der Waals surface area contributed by atoms with Gasteiger partial charge in [0.1, 0.15) is 0 Å². The van der Waals surface area contributed by atoms with Crippen molar-refractivity contribution in [2.45, 2.75) is 44.0 Å². The van der Waals surface area contributed by atoms with E-state index in [-0.39, 0.29) is 6.04 Å². The largest absolute Gasteiger partial charge is 0.418 e. The zero-order valence-corrected chi connectivity index (χ0v) is 19.7. The van der Waals surface area contributed by atoms with Crippen molar-refractivity contribution >= 4 is 21.4 Å². The topological polar surface area (TPSA) is 79.5 Å². The van der Waals surface area contributed by atoms with Crippen molar-refractivity contribution in [3.8, 4) is 10.8 Å². The Labute approximate surface area is 187 Å². The smallest absolute Gasteiger partial charge is 0.257 e. The van der Waals surface area contributed by atoms with Gasteiger partial charge in [-0.25, -0.2) is 8.42 Å². The predicted molar refractivity (Wildman–Crippen MR) is 122 cm³/mol. The van der Waals surface area contributed by atoms with Crippen LogP contribution in [0.4, 0.5) is 0 Å². The van der Waals surface area contributed by atoms with Gasteiger partial charge in [-0.1, -0.05) is 32.0 Å². The van der Waals surface area contributed by atoms with Gasteiger partial charge in [0.25, 0.3) is 5.89 Å². The van der Waals surface area contributed by atoms with Gasteiger partial charge in [0.05, 0.1) is 15.8 Å². The van der Waals surface area contributed by atoms with Gasteiger partial charge in [-0.05, 0) is 48.4 Å². The third-order valence-electron chi connectivity index (χ3n) is 6.05. The molecule has 1 aromatic carbocycles. The Kier molecular flexibility index (Phi) is 6.57. The van der Waals surface area contributed by atoms with E-state index in [0.717, 1.165) is 11.3 Å². The Hall–Kier alpha value is -2.07. The molecule has 0 spiro atoms. The molecule has 0 bridgehead atoms. The Bertz CT molecular complexity index is 1090. The fraction of sp³-hybridized carbons (Fsp3) is 0.455. The van der Waals surface area contributed by atoms with Crippen LogP contribution in [0, 0.1) is 0 Å². The zero-order valence-electron chi connectivity index (χ0n) is 18.1. The van der Waals surface area contributed by atoms with Crippen molar-refractivity contribution in [3.05, 3.63) is 53.2 Å². The average Bonchev–Trinajstić information content (AvgIpc) is 3.50. The number of benzene rings is 1. The van der Waals surface area contributed by atoms with Crippen molar-refractivity contribution in [2.75, 3.05) is 26.2 Å². The van der Waals surface area contributed by atoms with Crippen molar-refractivity contribution in [3.63, 3.8) is 0 Å². The zero-order chi connectivity index (χ0) is 22.0. The lowest BCUT2D eigenvalue weighted by Gasteiger charge is -2.36. The summed E-state index contributed by atoms with van der Waals surface area (Å²) in [7, 11) is -3.49. The minimum absolute atomic E-state index is 0.0686. The van der Waals surface area contributed by atoms with Gasteiger partial charge in [-0.2, -0.15) is 4.31 Å². The standard InChI is InChI=1S/C22H28N4O3S2/c1-4-16(2)18-7-9-19(10-8-18)31(27,28)26-13-11-25(12-14-26)17(3)21-23-24-22(29-21)20-6-5-15-30-20/h5-10,15-17H,4,11-14H2,1-3H3/t16-,17+/m0/s1. The molecule has 2 atom stereocenters. The molecule has 0 unspecified atom stereocenters. The molecule has 0 amide bonds. The molecular weight excluding hydrogens is 432 g/mol. The van der Waals surface area contributed by atoms with Crippen LogP contribution in [0.2, 0.25) is 0 Å². The number of aromatic nitrogens is 2. The quantitative estimate of drug-likeness (QED) is 0.521. The first-order valence-electron chi connectivity index (χ1n) is 10.6. The lowest BCUT2D eigenvalue weighted by Crippen LogP contribution is -2.49. The van der Waals surface area contributed by atoms with Crippen LogP contribution in [0.3, 0.4) is 0 Å². The number of nitrogens with zero attached hydrogens (tertiary/aromatic N) is 4. The minimum atomic E-state index is -3.49. The molecule has 7 nitrogen and oxygen atoms in total. The summed E-state index contributed by atoms with van der Waals surface area (Å²) in [5.74, 6) is 1.51. The van der Waals surface area contributed by atoms with Crippen LogP contribution >= 0.6 is 11.3 Å². The van der Waals surface area contributed by atoms with E-state index in [1.54, 1.807) is 27.8 Å². The van der Waals surface area contributed by atoms with Gasteiger partial charge in [0.15, 0.2) is 0 Å². The summed E-state index contributed by atoms with van der Waals surface area (Å²) in [4.78, 5) is 3.49. The van der Waals surface area contributed by atoms with Crippen molar-refractivity contribution < 1.29 is 12.8 Å². The van der Waals surface area contributed by atoms with Crippen molar-refractivity contribution in [2.24, 2.45) is 0 Å². The first kappa shape index (κ1) is 22.1. The van der Waals surface area contributed by atoms with Gasteiger partial charge in [0.2, 0.25) is 15.9 Å². The summed E-state index contributed by atoms with van der Waals surface area (Å²) < 4.78 is 33.6. The van der Waals surface area contributed by atoms with Gasteiger partial charge in [-0.15, -0.1) is 21.5 Å². The molecule has 2 aromatic heterocycles. The van der Waals surface area contributed by atoms with Crippen LogP contribution in [0.25, 0.3) is 10.8 Å². The molecule has 4 rings (SSSR count). The first-order chi connectivity index (χ1) is 14.9. The maximum atomic E-state index is 13.1. The van der Waals surface area contributed by atoms with E-state index >= 15 is 0 Å². The van der Waals surface area contributed by atoms with Crippen LogP contribution in [0.5, 0.6) is 0 Å². The van der Waals surface area contributed by atoms with E-state index < -0.39 is 10.0 Å². The molecule has 3 heterocycles. The monoisotopic (exact) mass is 460 g/mol. The van der Waals surface area contributed by atoms with E-state index in [9.17, 15) is 8.42 Å². The number of sulfonamides is 1. The molecule has 1 saturated heterocycles. The van der Waals surface area contributed by atoms with Gasteiger partial charge >= 0.3 is 0 Å². The van der Waals surface area contributed by atoms with E-state index in [0.29, 0.717) is 48.8 Å². The molecule has 0 radical (unpaired) electrons. The number of thiophene rings is 1. The fourth-order valence-electron chi connectivity index (χ4n) is 3.74. The molecule has 1 aliphatic heterocycles. The molecule has 166 valence electrons. The summed E-state index contributed by atoms with van der Waals surface area (Å²) in [6.07, 6.45) is 1.03. The summed E-state index contributed by atoms with van der Waals surface area (Å²) in [6, 6.07) is 11.2. The highest BCUT2D eigenvalue weighted by Gasteiger charge is 2.32. The van der Waals surface area contributed by atoms with Crippen molar-refractivity contribution in [1.29, 1.82) is 0 Å². The number of hydrogen-bond donors (Lipinski definition) is 0. The Morgan fingerprint density at radius 2 is 1.77 bits per heavy atom. The Morgan fingerprint density at radius 1 is 1.06 bits per heavy atom. The third-order valence-corrected chi connectivity index (χ3v) is 8.82. The molecule has 31 heavy (non-hydrogen) atoms. The summed E-state index contributed by atoms with van der Waals surface area (Å²) in [6.45, 7) is 8.40. The van der Waals surface area contributed by atoms with E-state index in [4.69, 9.17) is 4.42 Å². The molecule has 9 heteroatoms. The highest BCUT2D eigenvalue weighted by atomic mass is 32.2. The number of piperazine rings is 1. The highest BCUT2D eigenvalue weighted by molar-refractivity contribution is 7.89. The summed E-state index contributed by atoms with van der Waals surface area (Å²) >= 11 is 1.56. The van der Waals surface area contributed by atoms with Gasteiger partial charge in [-0.3, -0.25) is 4.90 Å². The van der Waals surface area contributed by atoms with Crippen LogP contribution in [0.1, 0.15) is 50.6 Å². The maximum Gasteiger partial charge on any atom is 0.257 e. The second kappa shape index (κ2) is 9.20. The number of rotatable bonds is 7. The van der Waals surface area contributed by atoms with Gasteiger partial charge in [0, 0.05) is 26.2 Å². The fourth-order valence-corrected chi connectivity index (χ4v) is 5.81. The van der Waals surface area contributed by atoms with Gasteiger partial charge < -0.3 is 4.42 Å². The SMILES string of the molecule is CC[C@H](C)c1ccc(S(=O)(=O)N2CCN([C@H](C)c3nnc(-c4cccs4)o3)CC2)cc1. The lowest BCUT2D eigenvalue weighted by molar-refractivity contribution is 0.129. The molecule has 0 N–H and O–H groups in total. The maximum absolute atomic E-state index is 13.1. The molecule has 3 aromatic rings. The summed E-state index contributed by atoms with van der Waals surface area (Å²) in [5, 5.41) is 10.3. The Balaban J connectivity index is 1.39. The molecule has 0 saturated carbocycles. The van der Waals surface area contributed by atoms with E-state index in [1.165, 1.54) is 5.56 Å². The van der Waals surface area contributed by atoms with E-state index in [2.05, 4.69) is 28.9 Å². The predicted octanol–water partition coefficient (Wildman–Crippen LogP) is 4.38. The van der Waals surface area contributed by atoms with Crippen molar-refractivity contribution in [1.82, 2.24) is 19.4 Å². The van der Waals surface area contributed by atoms with Crippen LogP contribution in [-0.2, 0) is 10.0 Å².